The third-order valence-corrected chi connectivity index (χ3v) is 4.66. The number of benzene rings is 2. The summed E-state index contributed by atoms with van der Waals surface area (Å²) in [5.74, 6) is -2.37. The van der Waals surface area contributed by atoms with Crippen LogP contribution in [0.1, 0.15) is 5.69 Å². The summed E-state index contributed by atoms with van der Waals surface area (Å²) in [4.78, 5) is 7.59. The van der Waals surface area contributed by atoms with Crippen molar-refractivity contribution < 1.29 is 13.9 Å². The first-order chi connectivity index (χ1) is 12.5. The van der Waals surface area contributed by atoms with E-state index in [-0.39, 0.29) is 16.5 Å². The first kappa shape index (κ1) is 14.8. The Balaban J connectivity index is 2.00. The lowest BCUT2D eigenvalue weighted by Gasteiger charge is -2.11. The van der Waals surface area contributed by atoms with E-state index in [0.717, 1.165) is 17.0 Å². The number of H-pyrrole nitrogens is 2. The first-order valence-corrected chi connectivity index (χ1v) is 7.97. The summed E-state index contributed by atoms with van der Waals surface area (Å²) in [6.45, 7) is 1.67. The molecule has 0 saturated heterocycles. The average molecular weight is 350 g/mol. The van der Waals surface area contributed by atoms with Crippen LogP contribution in [0.3, 0.4) is 0 Å². The van der Waals surface area contributed by atoms with Gasteiger partial charge in [-0.3, -0.25) is 5.10 Å². The molecule has 5 aromatic rings. The molecule has 7 heteroatoms. The molecule has 2 aromatic carbocycles. The van der Waals surface area contributed by atoms with E-state index >= 15 is 0 Å². The topological polar surface area (TPSA) is 77.6 Å². The molecule has 0 amide bonds. The van der Waals surface area contributed by atoms with Crippen LogP contribution in [0.15, 0.2) is 36.5 Å². The van der Waals surface area contributed by atoms with Gasteiger partial charge in [-0.1, -0.05) is 6.07 Å². The van der Waals surface area contributed by atoms with Gasteiger partial charge in [0.15, 0.2) is 17.2 Å². The number of nitrogens with zero attached hydrogens (tertiary/aromatic N) is 2. The van der Waals surface area contributed by atoms with Crippen molar-refractivity contribution in [1.82, 2.24) is 20.2 Å². The van der Waals surface area contributed by atoms with E-state index in [9.17, 15) is 13.9 Å². The van der Waals surface area contributed by atoms with E-state index in [0.29, 0.717) is 22.3 Å². The van der Waals surface area contributed by atoms with E-state index < -0.39 is 17.4 Å². The van der Waals surface area contributed by atoms with Crippen molar-refractivity contribution in [1.29, 1.82) is 0 Å². The molecular formula is C19H12F2N4O. The van der Waals surface area contributed by atoms with E-state index in [2.05, 4.69) is 20.2 Å². The molecule has 0 unspecified atom stereocenters. The Kier molecular flexibility index (Phi) is 2.86. The molecule has 3 aromatic heterocycles. The molecule has 26 heavy (non-hydrogen) atoms. The first-order valence-electron chi connectivity index (χ1n) is 7.97. The number of hydrogen-bond donors (Lipinski definition) is 3. The maximum Gasteiger partial charge on any atom is 0.173 e. The summed E-state index contributed by atoms with van der Waals surface area (Å²) < 4.78 is 29.6. The molecule has 3 N–H and O–H groups in total. The van der Waals surface area contributed by atoms with Gasteiger partial charge in [0.1, 0.15) is 5.82 Å². The van der Waals surface area contributed by atoms with Crippen LogP contribution in [0.25, 0.3) is 44.0 Å². The monoisotopic (exact) mass is 350 g/mol. The molecule has 0 atom stereocenters. The molecule has 0 aliphatic heterocycles. The minimum atomic E-state index is -0.887. The highest BCUT2D eigenvalue weighted by Crippen LogP contribution is 2.39. The number of aromatic amines is 2. The second-order valence-corrected chi connectivity index (χ2v) is 6.21. The second-order valence-electron chi connectivity index (χ2n) is 6.21. The lowest BCUT2D eigenvalue weighted by molar-refractivity contribution is 0.431. The number of aromatic hydroxyl groups is 1. The molecule has 0 aliphatic rings. The molecule has 5 nitrogen and oxygen atoms in total. The van der Waals surface area contributed by atoms with Crippen molar-refractivity contribution in [2.75, 3.05) is 0 Å². The molecule has 5 rings (SSSR count). The van der Waals surface area contributed by atoms with Crippen molar-refractivity contribution >= 4 is 32.7 Å². The zero-order chi connectivity index (χ0) is 18.0. The second kappa shape index (κ2) is 5.01. The fraction of sp³-hybridized carbons (Fsp3) is 0.0526. The van der Waals surface area contributed by atoms with E-state index in [1.54, 1.807) is 19.2 Å². The quantitative estimate of drug-likeness (QED) is 0.415. The van der Waals surface area contributed by atoms with Gasteiger partial charge in [-0.2, -0.15) is 5.10 Å². The molecule has 0 radical (unpaired) electrons. The predicted molar refractivity (Wildman–Crippen MR) is 95.0 cm³/mol. The van der Waals surface area contributed by atoms with Gasteiger partial charge >= 0.3 is 0 Å². The number of rotatable bonds is 1. The van der Waals surface area contributed by atoms with Gasteiger partial charge in [0.25, 0.3) is 0 Å². The van der Waals surface area contributed by atoms with Crippen LogP contribution in [0.2, 0.25) is 0 Å². The number of hydrogen-bond acceptors (Lipinski definition) is 3. The maximum absolute atomic E-state index is 14.8. The van der Waals surface area contributed by atoms with E-state index in [1.165, 1.54) is 0 Å². The standard InChI is InChI=1S/C19H12F2N4O/c1-8-14-16-15(11(20)7-13(26)17(16)21)18(23-19(14)25-24-8)10-2-3-12-9(6-10)4-5-22-12/h2-7,22,26H,1H3,(H,23,24,25). The van der Waals surface area contributed by atoms with E-state index in [1.807, 2.05) is 18.2 Å². The van der Waals surface area contributed by atoms with Gasteiger partial charge in [-0.05, 0) is 25.1 Å². The summed E-state index contributed by atoms with van der Waals surface area (Å²) in [5.41, 5.74) is 2.67. The molecule has 0 spiro atoms. The summed E-state index contributed by atoms with van der Waals surface area (Å²) in [5, 5.41) is 17.9. The van der Waals surface area contributed by atoms with Crippen LogP contribution < -0.4 is 0 Å². The minimum absolute atomic E-state index is 0.0205. The lowest BCUT2D eigenvalue weighted by atomic mass is 9.99. The van der Waals surface area contributed by atoms with Crippen molar-refractivity contribution in [3.63, 3.8) is 0 Å². The summed E-state index contributed by atoms with van der Waals surface area (Å²) in [6, 6.07) is 8.17. The Morgan fingerprint density at radius 3 is 2.73 bits per heavy atom. The summed E-state index contributed by atoms with van der Waals surface area (Å²) in [6.07, 6.45) is 1.81. The van der Waals surface area contributed by atoms with Gasteiger partial charge in [0.2, 0.25) is 0 Å². The van der Waals surface area contributed by atoms with Crippen molar-refractivity contribution in [3.05, 3.63) is 53.9 Å². The number of phenols is 1. The summed E-state index contributed by atoms with van der Waals surface area (Å²) in [7, 11) is 0. The number of aromatic nitrogens is 4. The third-order valence-electron chi connectivity index (χ3n) is 4.66. The van der Waals surface area contributed by atoms with Crippen LogP contribution in [0, 0.1) is 18.6 Å². The Bertz CT molecular complexity index is 1340. The Morgan fingerprint density at radius 2 is 1.88 bits per heavy atom. The highest BCUT2D eigenvalue weighted by Gasteiger charge is 2.22. The summed E-state index contributed by atoms with van der Waals surface area (Å²) >= 11 is 0. The number of pyridine rings is 1. The lowest BCUT2D eigenvalue weighted by Crippen LogP contribution is -1.95. The fourth-order valence-corrected chi connectivity index (χ4v) is 3.46. The zero-order valence-corrected chi connectivity index (χ0v) is 13.6. The normalized spacial score (nSPS) is 11.8. The Morgan fingerprint density at radius 1 is 1.04 bits per heavy atom. The minimum Gasteiger partial charge on any atom is -0.505 e. The van der Waals surface area contributed by atoms with Crippen LogP contribution >= 0.6 is 0 Å². The molecule has 0 aliphatic carbocycles. The maximum atomic E-state index is 14.8. The van der Waals surface area contributed by atoms with E-state index in [4.69, 9.17) is 0 Å². The molecule has 0 bridgehead atoms. The SMILES string of the molecule is Cc1n[nH]c2nc(-c3ccc4[nH]ccc4c3)c3c(F)cc(O)c(F)c3c12. The largest absolute Gasteiger partial charge is 0.505 e. The van der Waals surface area contributed by atoms with Gasteiger partial charge in [-0.25, -0.2) is 13.8 Å². The van der Waals surface area contributed by atoms with Crippen molar-refractivity contribution in [2.24, 2.45) is 0 Å². The van der Waals surface area contributed by atoms with Gasteiger partial charge in [-0.15, -0.1) is 0 Å². The number of fused-ring (bicyclic) bond motifs is 4. The third kappa shape index (κ3) is 1.88. The molecule has 128 valence electrons. The number of nitrogens with one attached hydrogen (secondary N) is 2. The molecule has 0 saturated carbocycles. The fourth-order valence-electron chi connectivity index (χ4n) is 3.46. The number of phenolic OH excluding ortho intramolecular Hbond substituents is 1. The van der Waals surface area contributed by atoms with Gasteiger partial charge in [0.05, 0.1) is 16.8 Å². The molecule has 3 heterocycles. The Labute approximate surface area is 145 Å². The van der Waals surface area contributed by atoms with Crippen molar-refractivity contribution in [3.8, 4) is 17.0 Å². The zero-order valence-electron chi connectivity index (χ0n) is 13.6. The smallest absolute Gasteiger partial charge is 0.173 e. The highest BCUT2D eigenvalue weighted by molar-refractivity contribution is 6.12. The van der Waals surface area contributed by atoms with Gasteiger partial charge < -0.3 is 10.1 Å². The number of aryl methyl sites for hydroxylation is 1. The Hall–Kier alpha value is -3.48. The average Bonchev–Trinajstić information content (AvgIpc) is 3.24. The molecular weight excluding hydrogens is 338 g/mol. The number of halogens is 2. The van der Waals surface area contributed by atoms with Crippen LogP contribution in [0.4, 0.5) is 8.78 Å². The van der Waals surface area contributed by atoms with Crippen LogP contribution in [0.5, 0.6) is 5.75 Å². The van der Waals surface area contributed by atoms with Gasteiger partial charge in [0, 0.05) is 39.5 Å². The molecule has 0 fully saturated rings. The van der Waals surface area contributed by atoms with Crippen LogP contribution in [-0.2, 0) is 0 Å². The van der Waals surface area contributed by atoms with Crippen molar-refractivity contribution in [2.45, 2.75) is 6.92 Å². The highest BCUT2D eigenvalue weighted by atomic mass is 19.1. The van der Waals surface area contributed by atoms with Crippen LogP contribution in [-0.4, -0.2) is 25.3 Å². The predicted octanol–water partition coefficient (Wildman–Crippen LogP) is 4.55.